The van der Waals surface area contributed by atoms with Crippen LogP contribution in [0.25, 0.3) is 10.9 Å². The summed E-state index contributed by atoms with van der Waals surface area (Å²) in [5.74, 6) is -3.78. The first-order valence-electron chi connectivity index (χ1n) is 16.8. The van der Waals surface area contributed by atoms with Crippen molar-refractivity contribution in [3.05, 3.63) is 78.0 Å². The number of H-pyrrole nitrogens is 1. The van der Waals surface area contributed by atoms with Crippen molar-refractivity contribution in [2.75, 3.05) is 19.6 Å². The Bertz CT molecular complexity index is 2010. The minimum Gasteiger partial charge on any atom is -0.444 e. The Balaban J connectivity index is 1.42. The van der Waals surface area contributed by atoms with E-state index in [2.05, 4.69) is 26.9 Å². The molecule has 4 N–H and O–H groups in total. The Morgan fingerprint density at radius 2 is 1.75 bits per heavy atom. The van der Waals surface area contributed by atoms with E-state index in [1.807, 2.05) is 0 Å². The predicted molar refractivity (Wildman–Crippen MR) is 194 cm³/mol. The molecule has 1 aliphatic heterocycles. The quantitative estimate of drug-likeness (QED) is 0.226. The molecule has 1 saturated carbocycles. The van der Waals surface area contributed by atoms with E-state index in [1.165, 1.54) is 46.2 Å². The third-order valence-corrected chi connectivity index (χ3v) is 10.7. The fourth-order valence-corrected chi connectivity index (χ4v) is 7.60. The van der Waals surface area contributed by atoms with E-state index in [1.54, 1.807) is 59.0 Å². The number of nitrogens with zero attached hydrogens (tertiary/aromatic N) is 2. The van der Waals surface area contributed by atoms with Crippen molar-refractivity contribution in [2.45, 2.75) is 69.2 Å². The molecule has 0 bridgehead atoms. The van der Waals surface area contributed by atoms with Crippen molar-refractivity contribution in [3.63, 3.8) is 0 Å². The van der Waals surface area contributed by atoms with Crippen LogP contribution in [0.1, 0.15) is 51.4 Å². The number of rotatable bonds is 10. The van der Waals surface area contributed by atoms with Crippen molar-refractivity contribution < 1.29 is 37.1 Å². The third-order valence-electron chi connectivity index (χ3n) is 9.07. The average molecular weight is 755 g/mol. The molecule has 2 fully saturated rings. The summed E-state index contributed by atoms with van der Waals surface area (Å²) in [6.45, 7) is 12.0. The highest BCUT2D eigenvalue weighted by atomic mass is 35.5. The Kier molecular flexibility index (Phi) is 10.8. The Labute approximate surface area is 307 Å². The zero-order valence-corrected chi connectivity index (χ0v) is 31.1. The predicted octanol–water partition coefficient (Wildman–Crippen LogP) is 3.59. The third kappa shape index (κ3) is 8.10. The molecule has 0 spiro atoms. The smallest absolute Gasteiger partial charge is 0.408 e. The van der Waals surface area contributed by atoms with E-state index in [0.29, 0.717) is 15.9 Å². The van der Waals surface area contributed by atoms with Crippen molar-refractivity contribution in [1.29, 1.82) is 0 Å². The molecule has 1 aromatic heterocycles. The maximum atomic E-state index is 14.3. The zero-order valence-electron chi connectivity index (χ0n) is 29.6. The molecular weight excluding hydrogens is 712 g/mol. The fraction of sp³-hybridized carbons (Fsp3) is 0.417. The van der Waals surface area contributed by atoms with Crippen LogP contribution in [0.2, 0.25) is 5.02 Å². The number of amides is 5. The number of piperazine rings is 1. The second-order valence-corrected chi connectivity index (χ2v) is 16.4. The van der Waals surface area contributed by atoms with E-state index in [-0.39, 0.29) is 42.4 Å². The summed E-state index contributed by atoms with van der Waals surface area (Å²) in [4.78, 5) is 73.9. The molecule has 278 valence electrons. The second-order valence-electron chi connectivity index (χ2n) is 14.3. The van der Waals surface area contributed by atoms with E-state index in [0.717, 1.165) is 0 Å². The standard InChI is InChI=1S/C36H43ClN6O8S/c1-7-24-19-36(24,33(47)41-52(49,50)27-10-8-9-22-15-16-38-29(22)27)40-30(44)26-20-42(17-18-43(26)31(45)23-11-13-25(37)14-12-23)32(46)28(21(2)3)39-34(48)51-35(4,5)6/h7-16,21,24,26,28,38H,1,17-20H2,2-6H3,(H,39,48)(H,40,44)(H,41,47)/t24-,26-,28+,36-/m1/s1. The topological polar surface area (TPSA) is 187 Å². The minimum absolute atomic E-state index is 0.0323. The summed E-state index contributed by atoms with van der Waals surface area (Å²) in [5, 5.41) is 6.38. The number of carbonyl (C=O) groups excluding carboxylic acids is 5. The van der Waals surface area contributed by atoms with Crippen LogP contribution in [-0.4, -0.2) is 95.8 Å². The maximum Gasteiger partial charge on any atom is 0.408 e. The number of hydrogen-bond acceptors (Lipinski definition) is 8. The Hall–Kier alpha value is -4.89. The highest BCUT2D eigenvalue weighted by molar-refractivity contribution is 7.90. The van der Waals surface area contributed by atoms with Gasteiger partial charge in [0.25, 0.3) is 21.8 Å². The van der Waals surface area contributed by atoms with Gasteiger partial charge in [0.1, 0.15) is 28.1 Å². The van der Waals surface area contributed by atoms with Gasteiger partial charge in [-0.25, -0.2) is 17.9 Å². The molecule has 5 rings (SSSR count). The zero-order chi connectivity index (χ0) is 38.2. The van der Waals surface area contributed by atoms with Gasteiger partial charge in [0, 0.05) is 41.2 Å². The van der Waals surface area contributed by atoms with Crippen LogP contribution >= 0.6 is 11.6 Å². The van der Waals surface area contributed by atoms with Crippen LogP contribution in [0.3, 0.4) is 0 Å². The van der Waals surface area contributed by atoms with Gasteiger partial charge in [0.2, 0.25) is 11.8 Å². The highest BCUT2D eigenvalue weighted by Gasteiger charge is 2.61. The Morgan fingerprint density at radius 3 is 2.37 bits per heavy atom. The average Bonchev–Trinajstić information content (AvgIpc) is 3.58. The van der Waals surface area contributed by atoms with Crippen LogP contribution in [0.5, 0.6) is 0 Å². The van der Waals surface area contributed by atoms with Gasteiger partial charge in [-0.15, -0.1) is 6.58 Å². The summed E-state index contributed by atoms with van der Waals surface area (Å²) in [6.07, 6.45) is 2.28. The lowest BCUT2D eigenvalue weighted by molar-refractivity contribution is -0.141. The first-order valence-corrected chi connectivity index (χ1v) is 18.7. The number of benzene rings is 2. The normalized spacial score (nSPS) is 20.9. The summed E-state index contributed by atoms with van der Waals surface area (Å²) in [7, 11) is -4.40. The minimum atomic E-state index is -4.40. The monoisotopic (exact) mass is 754 g/mol. The molecule has 5 amide bonds. The van der Waals surface area contributed by atoms with Crippen molar-refractivity contribution in [3.8, 4) is 0 Å². The summed E-state index contributed by atoms with van der Waals surface area (Å²) >= 11 is 6.04. The van der Waals surface area contributed by atoms with Crippen molar-refractivity contribution in [2.24, 2.45) is 11.8 Å². The van der Waals surface area contributed by atoms with E-state index in [4.69, 9.17) is 16.3 Å². The second kappa shape index (κ2) is 14.6. The van der Waals surface area contributed by atoms with Crippen molar-refractivity contribution >= 4 is 62.2 Å². The van der Waals surface area contributed by atoms with Gasteiger partial charge in [-0.1, -0.05) is 43.7 Å². The van der Waals surface area contributed by atoms with Crippen LogP contribution in [0.15, 0.2) is 72.3 Å². The first kappa shape index (κ1) is 38.3. The molecular formula is C36H43ClN6O8S. The lowest BCUT2D eigenvalue weighted by Crippen LogP contribution is -2.65. The van der Waals surface area contributed by atoms with E-state index in [9.17, 15) is 32.4 Å². The van der Waals surface area contributed by atoms with E-state index >= 15 is 0 Å². The van der Waals surface area contributed by atoms with E-state index < -0.39 is 68.9 Å². The summed E-state index contributed by atoms with van der Waals surface area (Å²) < 4.78 is 34.5. The van der Waals surface area contributed by atoms with Gasteiger partial charge < -0.3 is 30.2 Å². The number of hydrogen-bond donors (Lipinski definition) is 4. The lowest BCUT2D eigenvalue weighted by atomic mass is 10.0. The number of aromatic amines is 1. The van der Waals surface area contributed by atoms with Gasteiger partial charge in [-0.3, -0.25) is 19.2 Å². The highest BCUT2D eigenvalue weighted by Crippen LogP contribution is 2.45. The van der Waals surface area contributed by atoms with Crippen LogP contribution in [-0.2, 0) is 29.1 Å². The Morgan fingerprint density at radius 1 is 1.06 bits per heavy atom. The number of sulfonamides is 1. The molecule has 0 radical (unpaired) electrons. The molecule has 1 aliphatic carbocycles. The molecule has 2 heterocycles. The fourth-order valence-electron chi connectivity index (χ4n) is 6.24. The number of carbonyl (C=O) groups is 5. The number of alkyl carbamates (subject to hydrolysis) is 1. The largest absolute Gasteiger partial charge is 0.444 e. The van der Waals surface area contributed by atoms with Gasteiger partial charge in [-0.2, -0.15) is 0 Å². The SMILES string of the molecule is C=C[C@@H]1C[C@]1(NC(=O)[C@H]1CN(C(=O)[C@@H](NC(=O)OC(C)(C)C)C(C)C)CCN1C(=O)c1ccc(Cl)cc1)C(=O)NS(=O)(=O)c1cccc2cc[nH]c12. The lowest BCUT2D eigenvalue weighted by Gasteiger charge is -2.42. The number of halogens is 1. The van der Waals surface area contributed by atoms with Crippen LogP contribution in [0.4, 0.5) is 4.79 Å². The first-order chi connectivity index (χ1) is 24.4. The molecule has 0 unspecified atom stereocenters. The number of aromatic nitrogens is 1. The van der Waals surface area contributed by atoms with Crippen LogP contribution < -0.4 is 15.4 Å². The molecule has 2 aromatic carbocycles. The molecule has 14 nitrogen and oxygen atoms in total. The molecule has 4 atom stereocenters. The van der Waals surface area contributed by atoms with Crippen molar-refractivity contribution in [1.82, 2.24) is 30.1 Å². The van der Waals surface area contributed by atoms with Crippen LogP contribution in [0, 0.1) is 11.8 Å². The molecule has 2 aliphatic rings. The number of para-hydroxylation sites is 1. The molecule has 3 aromatic rings. The molecule has 52 heavy (non-hydrogen) atoms. The van der Waals surface area contributed by atoms with Gasteiger partial charge in [0.05, 0.1) is 12.1 Å². The van der Waals surface area contributed by atoms with Gasteiger partial charge in [0.15, 0.2) is 0 Å². The molecule has 16 heteroatoms. The number of ether oxygens (including phenoxy) is 1. The number of nitrogens with one attached hydrogen (secondary N) is 4. The molecule has 1 saturated heterocycles. The number of fused-ring (bicyclic) bond motifs is 1. The maximum absolute atomic E-state index is 14.3. The summed E-state index contributed by atoms with van der Waals surface area (Å²) in [5.41, 5.74) is -1.97. The van der Waals surface area contributed by atoms with Gasteiger partial charge in [-0.05, 0) is 69.5 Å². The van der Waals surface area contributed by atoms with Gasteiger partial charge >= 0.3 is 6.09 Å². The summed E-state index contributed by atoms with van der Waals surface area (Å²) in [6, 6.07) is 10.1.